The number of nitrogens with one attached hydrogen (secondary N) is 1. The SMILES string of the molecule is CCCCOc1ccc(OCC(CNCCC)OC)cc1. The normalized spacial score (nSPS) is 12.1. The van der Waals surface area contributed by atoms with E-state index in [0.717, 1.165) is 50.5 Å². The molecule has 0 radical (unpaired) electrons. The van der Waals surface area contributed by atoms with Gasteiger partial charge in [-0.3, -0.25) is 0 Å². The second-order valence-electron chi connectivity index (χ2n) is 5.05. The smallest absolute Gasteiger partial charge is 0.119 e. The largest absolute Gasteiger partial charge is 0.494 e. The Bertz CT molecular complexity index is 354. The molecule has 0 aliphatic carbocycles. The highest BCUT2D eigenvalue weighted by Crippen LogP contribution is 2.18. The van der Waals surface area contributed by atoms with Crippen LogP contribution in [0.2, 0.25) is 0 Å². The summed E-state index contributed by atoms with van der Waals surface area (Å²) in [6.07, 6.45) is 3.41. The molecule has 0 heterocycles. The molecule has 1 unspecified atom stereocenters. The van der Waals surface area contributed by atoms with Gasteiger partial charge in [0, 0.05) is 13.7 Å². The predicted molar refractivity (Wildman–Crippen MR) is 86.3 cm³/mol. The molecule has 1 rings (SSSR count). The third-order valence-electron chi connectivity index (χ3n) is 3.16. The molecule has 120 valence electrons. The second-order valence-corrected chi connectivity index (χ2v) is 5.05. The topological polar surface area (TPSA) is 39.7 Å². The lowest BCUT2D eigenvalue weighted by Crippen LogP contribution is -2.33. The maximum atomic E-state index is 5.75. The van der Waals surface area contributed by atoms with E-state index in [0.29, 0.717) is 6.61 Å². The molecule has 1 N–H and O–H groups in total. The number of benzene rings is 1. The fourth-order valence-corrected chi connectivity index (χ4v) is 1.81. The van der Waals surface area contributed by atoms with Crippen molar-refractivity contribution in [3.8, 4) is 11.5 Å². The molecular formula is C17H29NO3. The molecule has 0 aliphatic rings. The Hall–Kier alpha value is -1.26. The third kappa shape index (κ3) is 7.93. The van der Waals surface area contributed by atoms with Crippen LogP contribution in [0.3, 0.4) is 0 Å². The van der Waals surface area contributed by atoms with Crippen molar-refractivity contribution >= 4 is 0 Å². The van der Waals surface area contributed by atoms with E-state index in [1.54, 1.807) is 7.11 Å². The number of hydrogen-bond donors (Lipinski definition) is 1. The van der Waals surface area contributed by atoms with Crippen molar-refractivity contribution in [1.29, 1.82) is 0 Å². The standard InChI is InChI=1S/C17H29NO3/c1-4-6-12-20-15-7-9-16(10-8-15)21-14-17(19-3)13-18-11-5-2/h7-10,17-18H,4-6,11-14H2,1-3H3. The van der Waals surface area contributed by atoms with E-state index in [1.165, 1.54) is 0 Å². The molecule has 21 heavy (non-hydrogen) atoms. The van der Waals surface area contributed by atoms with Crippen molar-refractivity contribution in [2.24, 2.45) is 0 Å². The van der Waals surface area contributed by atoms with Crippen molar-refractivity contribution in [2.75, 3.05) is 33.4 Å². The lowest BCUT2D eigenvalue weighted by atomic mass is 10.3. The number of unbranched alkanes of at least 4 members (excludes halogenated alkanes) is 1. The summed E-state index contributed by atoms with van der Waals surface area (Å²) in [5.41, 5.74) is 0. The van der Waals surface area contributed by atoms with Gasteiger partial charge in [-0.25, -0.2) is 0 Å². The van der Waals surface area contributed by atoms with Crippen molar-refractivity contribution in [3.63, 3.8) is 0 Å². The van der Waals surface area contributed by atoms with Gasteiger partial charge in [0.05, 0.1) is 6.61 Å². The van der Waals surface area contributed by atoms with Gasteiger partial charge in [0.25, 0.3) is 0 Å². The molecule has 0 bridgehead atoms. The van der Waals surface area contributed by atoms with Gasteiger partial charge in [-0.05, 0) is 43.7 Å². The minimum absolute atomic E-state index is 0.0667. The first kappa shape index (κ1) is 17.8. The summed E-state index contributed by atoms with van der Waals surface area (Å²) in [5.74, 6) is 1.74. The molecule has 0 fully saturated rings. The summed E-state index contributed by atoms with van der Waals surface area (Å²) < 4.78 is 16.8. The first-order valence-corrected chi connectivity index (χ1v) is 7.89. The van der Waals surface area contributed by atoms with Crippen LogP contribution in [0.1, 0.15) is 33.1 Å². The quantitative estimate of drug-likeness (QED) is 0.601. The van der Waals surface area contributed by atoms with E-state index in [2.05, 4.69) is 19.2 Å². The monoisotopic (exact) mass is 295 g/mol. The number of methoxy groups -OCH3 is 1. The lowest BCUT2D eigenvalue weighted by molar-refractivity contribution is 0.0582. The van der Waals surface area contributed by atoms with Gasteiger partial charge in [0.2, 0.25) is 0 Å². The summed E-state index contributed by atoms with van der Waals surface area (Å²) in [5, 5.41) is 3.34. The van der Waals surface area contributed by atoms with E-state index in [9.17, 15) is 0 Å². The van der Waals surface area contributed by atoms with Crippen molar-refractivity contribution in [2.45, 2.75) is 39.2 Å². The lowest BCUT2D eigenvalue weighted by Gasteiger charge is -2.17. The maximum Gasteiger partial charge on any atom is 0.119 e. The summed E-state index contributed by atoms with van der Waals surface area (Å²) in [6.45, 7) is 7.43. The highest BCUT2D eigenvalue weighted by atomic mass is 16.5. The van der Waals surface area contributed by atoms with Gasteiger partial charge in [-0.15, -0.1) is 0 Å². The first-order valence-electron chi connectivity index (χ1n) is 7.89. The van der Waals surface area contributed by atoms with Crippen molar-refractivity contribution in [3.05, 3.63) is 24.3 Å². The van der Waals surface area contributed by atoms with Gasteiger partial charge < -0.3 is 19.5 Å². The van der Waals surface area contributed by atoms with Crippen LogP contribution in [-0.2, 0) is 4.74 Å². The Morgan fingerprint density at radius 2 is 1.67 bits per heavy atom. The molecule has 0 aromatic heterocycles. The van der Waals surface area contributed by atoms with Crippen LogP contribution in [0.5, 0.6) is 11.5 Å². The summed E-state index contributed by atoms with van der Waals surface area (Å²) in [4.78, 5) is 0. The molecule has 4 nitrogen and oxygen atoms in total. The van der Waals surface area contributed by atoms with Gasteiger partial charge >= 0.3 is 0 Å². The van der Waals surface area contributed by atoms with Crippen LogP contribution in [0.25, 0.3) is 0 Å². The Morgan fingerprint density at radius 3 is 2.24 bits per heavy atom. The fourth-order valence-electron chi connectivity index (χ4n) is 1.81. The molecule has 0 saturated heterocycles. The first-order chi connectivity index (χ1) is 10.3. The highest BCUT2D eigenvalue weighted by Gasteiger charge is 2.07. The van der Waals surface area contributed by atoms with Gasteiger partial charge in [0.15, 0.2) is 0 Å². The van der Waals surface area contributed by atoms with E-state index in [-0.39, 0.29) is 6.10 Å². The van der Waals surface area contributed by atoms with E-state index in [4.69, 9.17) is 14.2 Å². The minimum atomic E-state index is 0.0667. The molecular weight excluding hydrogens is 266 g/mol. The summed E-state index contributed by atoms with van der Waals surface area (Å²) >= 11 is 0. The van der Waals surface area contributed by atoms with E-state index < -0.39 is 0 Å². The Morgan fingerprint density at radius 1 is 1.00 bits per heavy atom. The molecule has 1 aromatic rings. The van der Waals surface area contributed by atoms with Crippen LogP contribution < -0.4 is 14.8 Å². The van der Waals surface area contributed by atoms with Crippen LogP contribution in [0, 0.1) is 0 Å². The highest BCUT2D eigenvalue weighted by molar-refractivity contribution is 5.31. The zero-order valence-corrected chi connectivity index (χ0v) is 13.6. The Kier molecular flexibility index (Phi) is 9.66. The third-order valence-corrected chi connectivity index (χ3v) is 3.16. The molecule has 0 aliphatic heterocycles. The average Bonchev–Trinajstić information content (AvgIpc) is 2.52. The molecule has 1 aromatic carbocycles. The number of rotatable bonds is 12. The molecule has 0 spiro atoms. The minimum Gasteiger partial charge on any atom is -0.494 e. The van der Waals surface area contributed by atoms with Gasteiger partial charge in [-0.1, -0.05) is 20.3 Å². The van der Waals surface area contributed by atoms with Crippen molar-refractivity contribution < 1.29 is 14.2 Å². The maximum absolute atomic E-state index is 5.75. The van der Waals surface area contributed by atoms with E-state index in [1.807, 2.05) is 24.3 Å². The average molecular weight is 295 g/mol. The molecule has 0 saturated carbocycles. The second kappa shape index (κ2) is 11.4. The van der Waals surface area contributed by atoms with Gasteiger partial charge in [-0.2, -0.15) is 0 Å². The van der Waals surface area contributed by atoms with Gasteiger partial charge in [0.1, 0.15) is 24.2 Å². The molecule has 0 amide bonds. The van der Waals surface area contributed by atoms with E-state index >= 15 is 0 Å². The number of hydrogen-bond acceptors (Lipinski definition) is 4. The van der Waals surface area contributed by atoms with Crippen LogP contribution in [0.15, 0.2) is 24.3 Å². The predicted octanol–water partition coefficient (Wildman–Crippen LogP) is 3.26. The molecule has 4 heteroatoms. The van der Waals surface area contributed by atoms with Crippen molar-refractivity contribution in [1.82, 2.24) is 5.32 Å². The zero-order valence-electron chi connectivity index (χ0n) is 13.6. The summed E-state index contributed by atoms with van der Waals surface area (Å²) in [6, 6.07) is 7.77. The zero-order chi connectivity index (χ0) is 15.3. The Labute approximate surface area is 128 Å². The van der Waals surface area contributed by atoms with Crippen LogP contribution in [0.4, 0.5) is 0 Å². The van der Waals surface area contributed by atoms with Crippen LogP contribution in [-0.4, -0.2) is 39.5 Å². The fraction of sp³-hybridized carbons (Fsp3) is 0.647. The van der Waals surface area contributed by atoms with Crippen LogP contribution >= 0.6 is 0 Å². The summed E-state index contributed by atoms with van der Waals surface area (Å²) in [7, 11) is 1.71. The molecule has 1 atom stereocenters. The number of ether oxygens (including phenoxy) is 3. The Balaban J connectivity index is 2.30.